The van der Waals surface area contributed by atoms with Gasteiger partial charge in [-0.1, -0.05) is 36.9 Å². The molecule has 0 aromatic carbocycles. The highest BCUT2D eigenvalue weighted by Crippen LogP contribution is 2.26. The van der Waals surface area contributed by atoms with Gasteiger partial charge in [0.05, 0.1) is 5.75 Å². The molecule has 0 aliphatic heterocycles. The number of nitrogens with one attached hydrogen (secondary N) is 2. The Morgan fingerprint density at radius 1 is 1.50 bits per heavy atom. The fourth-order valence-electron chi connectivity index (χ4n) is 1.26. The molecule has 2 N–H and O–H groups in total. The Kier molecular flexibility index (Phi) is 4.82. The Hall–Kier alpha value is -0.820. The summed E-state index contributed by atoms with van der Waals surface area (Å²) in [6.07, 6.45) is 2.25. The molecule has 1 aliphatic rings. The summed E-state index contributed by atoms with van der Waals surface area (Å²) >= 11 is 2.95. The van der Waals surface area contributed by atoms with Crippen LogP contribution in [0, 0.1) is 5.92 Å². The van der Waals surface area contributed by atoms with Gasteiger partial charge in [-0.05, 0) is 18.8 Å². The fraction of sp³-hybridized carbons (Fsp3) is 0.727. The molecule has 1 aromatic rings. The first-order valence-electron chi connectivity index (χ1n) is 6.13. The van der Waals surface area contributed by atoms with Gasteiger partial charge in [-0.25, -0.2) is 0 Å². The van der Waals surface area contributed by atoms with Crippen LogP contribution < -0.4 is 10.6 Å². The van der Waals surface area contributed by atoms with E-state index in [1.807, 2.05) is 0 Å². The largest absolute Gasteiger partial charge is 0.360 e. The number of nitrogens with zero attached hydrogens (tertiary/aromatic N) is 2. The summed E-state index contributed by atoms with van der Waals surface area (Å²) < 4.78 is 0.840. The number of anilines is 1. The van der Waals surface area contributed by atoms with E-state index in [0.717, 1.165) is 28.9 Å². The van der Waals surface area contributed by atoms with Crippen LogP contribution in [-0.4, -0.2) is 34.4 Å². The lowest BCUT2D eigenvalue weighted by Crippen LogP contribution is -2.26. The van der Waals surface area contributed by atoms with Crippen molar-refractivity contribution >= 4 is 34.1 Å². The van der Waals surface area contributed by atoms with Gasteiger partial charge in [-0.3, -0.25) is 4.79 Å². The number of thioether (sulfide) groups is 1. The normalized spacial score (nSPS) is 14.8. The van der Waals surface area contributed by atoms with Gasteiger partial charge in [0.2, 0.25) is 11.0 Å². The summed E-state index contributed by atoms with van der Waals surface area (Å²) in [6.45, 7) is 5.18. The molecule has 1 fully saturated rings. The molecule has 0 spiro atoms. The number of hydrogen-bond donors (Lipinski definition) is 2. The highest BCUT2D eigenvalue weighted by atomic mass is 32.2. The molecule has 0 bridgehead atoms. The van der Waals surface area contributed by atoms with Crippen LogP contribution in [0.25, 0.3) is 0 Å². The van der Waals surface area contributed by atoms with Crippen LogP contribution >= 0.6 is 23.1 Å². The molecule has 0 atom stereocenters. The highest BCUT2D eigenvalue weighted by Gasteiger charge is 2.23. The van der Waals surface area contributed by atoms with Gasteiger partial charge in [0, 0.05) is 12.6 Å². The summed E-state index contributed by atoms with van der Waals surface area (Å²) in [4.78, 5) is 11.5. The van der Waals surface area contributed by atoms with E-state index < -0.39 is 0 Å². The van der Waals surface area contributed by atoms with Gasteiger partial charge < -0.3 is 10.6 Å². The van der Waals surface area contributed by atoms with E-state index in [1.54, 1.807) is 0 Å². The van der Waals surface area contributed by atoms with E-state index in [0.29, 0.717) is 17.7 Å². The van der Waals surface area contributed by atoms with Crippen molar-refractivity contribution in [3.8, 4) is 0 Å². The SMILES string of the molecule is CC(C)CNc1nnc(SCC(=O)NC2CC2)s1. The third kappa shape index (κ3) is 4.81. The van der Waals surface area contributed by atoms with Gasteiger partial charge in [0.25, 0.3) is 0 Å². The van der Waals surface area contributed by atoms with Crippen molar-refractivity contribution in [1.82, 2.24) is 15.5 Å². The number of aromatic nitrogens is 2. The molecule has 1 amide bonds. The Bertz CT molecular complexity index is 404. The summed E-state index contributed by atoms with van der Waals surface area (Å²) in [5.41, 5.74) is 0. The number of carbonyl (C=O) groups excluding carboxylic acids is 1. The minimum atomic E-state index is 0.0920. The quantitative estimate of drug-likeness (QED) is 0.750. The molecule has 0 radical (unpaired) electrons. The molecular weight excluding hydrogens is 268 g/mol. The smallest absolute Gasteiger partial charge is 0.230 e. The van der Waals surface area contributed by atoms with Crippen molar-refractivity contribution in [2.75, 3.05) is 17.6 Å². The molecule has 5 nitrogen and oxygen atoms in total. The predicted octanol–water partition coefficient (Wildman–Crippen LogP) is 1.98. The predicted molar refractivity (Wildman–Crippen MR) is 75.1 cm³/mol. The maximum absolute atomic E-state index is 11.5. The van der Waals surface area contributed by atoms with E-state index in [9.17, 15) is 4.79 Å². The molecule has 1 heterocycles. The minimum Gasteiger partial charge on any atom is -0.360 e. The Morgan fingerprint density at radius 3 is 2.94 bits per heavy atom. The fourth-order valence-corrected chi connectivity index (χ4v) is 2.83. The summed E-state index contributed by atoms with van der Waals surface area (Å²) in [5, 5.41) is 15.1. The van der Waals surface area contributed by atoms with E-state index in [-0.39, 0.29) is 5.91 Å². The lowest BCUT2D eigenvalue weighted by atomic mass is 10.2. The van der Waals surface area contributed by atoms with Crippen LogP contribution in [0.4, 0.5) is 5.13 Å². The summed E-state index contributed by atoms with van der Waals surface area (Å²) in [6, 6.07) is 0.427. The number of amides is 1. The first-order chi connectivity index (χ1) is 8.63. The van der Waals surface area contributed by atoms with Crippen LogP contribution in [-0.2, 0) is 4.79 Å². The average molecular weight is 286 g/mol. The lowest BCUT2D eigenvalue weighted by Gasteiger charge is -2.03. The van der Waals surface area contributed by atoms with Crippen molar-refractivity contribution in [3.05, 3.63) is 0 Å². The van der Waals surface area contributed by atoms with Gasteiger partial charge in [-0.2, -0.15) is 0 Å². The summed E-state index contributed by atoms with van der Waals surface area (Å²) in [7, 11) is 0. The van der Waals surface area contributed by atoms with Crippen LogP contribution in [0.15, 0.2) is 4.34 Å². The van der Waals surface area contributed by atoms with Crippen LogP contribution in [0.5, 0.6) is 0 Å². The van der Waals surface area contributed by atoms with Gasteiger partial charge in [0.1, 0.15) is 0 Å². The van der Waals surface area contributed by atoms with Crippen molar-refractivity contribution in [2.45, 2.75) is 37.1 Å². The maximum Gasteiger partial charge on any atom is 0.230 e. The maximum atomic E-state index is 11.5. The number of carbonyl (C=O) groups is 1. The second-order valence-electron chi connectivity index (χ2n) is 4.78. The average Bonchev–Trinajstić information content (AvgIpc) is 3.01. The molecule has 1 aliphatic carbocycles. The molecule has 0 unspecified atom stereocenters. The summed E-state index contributed by atoms with van der Waals surface area (Å²) in [5.74, 6) is 1.10. The Labute approximate surface area is 115 Å². The monoisotopic (exact) mass is 286 g/mol. The molecular formula is C11H18N4OS2. The van der Waals surface area contributed by atoms with Crippen molar-refractivity contribution in [2.24, 2.45) is 5.92 Å². The van der Waals surface area contributed by atoms with Crippen molar-refractivity contribution in [3.63, 3.8) is 0 Å². The van der Waals surface area contributed by atoms with Gasteiger partial charge in [0.15, 0.2) is 4.34 Å². The van der Waals surface area contributed by atoms with Crippen molar-refractivity contribution < 1.29 is 4.79 Å². The van der Waals surface area contributed by atoms with Crippen LogP contribution in [0.3, 0.4) is 0 Å². The number of hydrogen-bond acceptors (Lipinski definition) is 6. The zero-order valence-corrected chi connectivity index (χ0v) is 12.2. The molecule has 0 saturated heterocycles. The molecule has 7 heteroatoms. The third-order valence-electron chi connectivity index (χ3n) is 2.34. The molecule has 18 heavy (non-hydrogen) atoms. The first kappa shape index (κ1) is 13.6. The zero-order chi connectivity index (χ0) is 13.0. The van der Waals surface area contributed by atoms with Gasteiger partial charge in [-0.15, -0.1) is 10.2 Å². The zero-order valence-electron chi connectivity index (χ0n) is 10.6. The Balaban J connectivity index is 1.70. The lowest BCUT2D eigenvalue weighted by molar-refractivity contribution is -0.118. The van der Waals surface area contributed by atoms with E-state index in [2.05, 4.69) is 34.7 Å². The van der Waals surface area contributed by atoms with E-state index in [4.69, 9.17) is 0 Å². The minimum absolute atomic E-state index is 0.0920. The molecule has 100 valence electrons. The second-order valence-corrected chi connectivity index (χ2v) is 6.98. The molecule has 1 aromatic heterocycles. The second kappa shape index (κ2) is 6.38. The van der Waals surface area contributed by atoms with Gasteiger partial charge >= 0.3 is 0 Å². The van der Waals surface area contributed by atoms with E-state index >= 15 is 0 Å². The Morgan fingerprint density at radius 2 is 2.28 bits per heavy atom. The topological polar surface area (TPSA) is 66.9 Å². The molecule has 2 rings (SSSR count). The first-order valence-corrected chi connectivity index (χ1v) is 7.93. The standard InChI is InChI=1S/C11H18N4OS2/c1-7(2)5-12-10-14-15-11(18-10)17-6-9(16)13-8-3-4-8/h7-8H,3-6H2,1-2H3,(H,12,14)(H,13,16). The highest BCUT2D eigenvalue weighted by molar-refractivity contribution is 8.01. The van der Waals surface area contributed by atoms with Crippen molar-refractivity contribution in [1.29, 1.82) is 0 Å². The number of rotatable bonds is 7. The van der Waals surface area contributed by atoms with E-state index in [1.165, 1.54) is 23.1 Å². The van der Waals surface area contributed by atoms with Crippen LogP contribution in [0.1, 0.15) is 26.7 Å². The molecule has 1 saturated carbocycles. The van der Waals surface area contributed by atoms with Crippen LogP contribution in [0.2, 0.25) is 0 Å². The third-order valence-corrected chi connectivity index (χ3v) is 4.35.